The van der Waals surface area contributed by atoms with Crippen LogP contribution in [0.5, 0.6) is 0 Å². The summed E-state index contributed by atoms with van der Waals surface area (Å²) in [5.41, 5.74) is 3.31. The standard InChI is InChI=1S/C29H22N2O.Pt/c32-28-24(22-12-3-1-4-13-22)16-11-17-25(28)29(23-14-5-2-6-15-23,26-18-7-9-20-30-26)27-19-8-10-21-31-27;/h1-21,25H;/q;+2. The van der Waals surface area contributed by atoms with Crippen molar-refractivity contribution < 1.29 is 25.9 Å². The van der Waals surface area contributed by atoms with E-state index in [4.69, 9.17) is 9.97 Å². The second-order valence-corrected chi connectivity index (χ2v) is 7.78. The monoisotopic (exact) mass is 609 g/mol. The van der Waals surface area contributed by atoms with E-state index in [9.17, 15) is 4.79 Å². The third kappa shape index (κ3) is 4.05. The maximum Gasteiger partial charge on any atom is 2.00 e. The average Bonchev–Trinajstić information content (AvgIpc) is 2.88. The zero-order valence-corrected chi connectivity index (χ0v) is 20.1. The Kier molecular flexibility index (Phi) is 6.91. The molecule has 1 unspecified atom stereocenters. The number of nitrogens with zero attached hydrogens (tertiary/aromatic N) is 2. The number of benzene rings is 2. The van der Waals surface area contributed by atoms with Gasteiger partial charge in [-0.1, -0.05) is 91.0 Å². The fraction of sp³-hybridized carbons (Fsp3) is 0.0690. The number of ketones is 1. The summed E-state index contributed by atoms with van der Waals surface area (Å²) < 4.78 is 0. The molecule has 0 N–H and O–H groups in total. The van der Waals surface area contributed by atoms with E-state index >= 15 is 0 Å². The summed E-state index contributed by atoms with van der Waals surface area (Å²) in [7, 11) is 0. The molecular weight excluding hydrogens is 587 g/mol. The van der Waals surface area contributed by atoms with Crippen LogP contribution in [-0.4, -0.2) is 15.8 Å². The first-order valence-electron chi connectivity index (χ1n) is 10.7. The molecular formula is C29H22N2OPt+2. The summed E-state index contributed by atoms with van der Waals surface area (Å²) in [6, 6.07) is 31.6. The Morgan fingerprint density at radius 3 is 1.76 bits per heavy atom. The van der Waals surface area contributed by atoms with Crippen LogP contribution < -0.4 is 0 Å². The van der Waals surface area contributed by atoms with Gasteiger partial charge < -0.3 is 0 Å². The fourth-order valence-electron chi connectivity index (χ4n) is 4.62. The van der Waals surface area contributed by atoms with Crippen molar-refractivity contribution in [2.45, 2.75) is 5.41 Å². The second-order valence-electron chi connectivity index (χ2n) is 7.78. The summed E-state index contributed by atoms with van der Waals surface area (Å²) in [6.45, 7) is 0. The van der Waals surface area contributed by atoms with Gasteiger partial charge in [0.2, 0.25) is 0 Å². The van der Waals surface area contributed by atoms with Crippen molar-refractivity contribution >= 4 is 11.4 Å². The van der Waals surface area contributed by atoms with Crippen LogP contribution in [0.3, 0.4) is 0 Å². The first-order chi connectivity index (χ1) is 15.8. The maximum absolute atomic E-state index is 14.1. The summed E-state index contributed by atoms with van der Waals surface area (Å²) in [5.74, 6) is -0.450. The Labute approximate surface area is 208 Å². The largest absolute Gasteiger partial charge is 2.00 e. The first-order valence-corrected chi connectivity index (χ1v) is 10.7. The van der Waals surface area contributed by atoms with Crippen molar-refractivity contribution in [3.63, 3.8) is 0 Å². The van der Waals surface area contributed by atoms with E-state index in [2.05, 4.69) is 12.1 Å². The number of hydrogen-bond acceptors (Lipinski definition) is 3. The van der Waals surface area contributed by atoms with Crippen LogP contribution in [0.1, 0.15) is 22.5 Å². The molecule has 2 aromatic heterocycles. The summed E-state index contributed by atoms with van der Waals surface area (Å²) in [6.07, 6.45) is 9.44. The van der Waals surface area contributed by atoms with Gasteiger partial charge >= 0.3 is 21.1 Å². The number of allylic oxidation sites excluding steroid dienone is 4. The molecule has 1 aliphatic carbocycles. The zero-order valence-electron chi connectivity index (χ0n) is 17.8. The van der Waals surface area contributed by atoms with Gasteiger partial charge in [-0.25, -0.2) is 0 Å². The molecule has 162 valence electrons. The number of pyridine rings is 2. The van der Waals surface area contributed by atoms with Crippen LogP contribution in [0.15, 0.2) is 128 Å². The zero-order chi connectivity index (χ0) is 21.8. The van der Waals surface area contributed by atoms with Gasteiger partial charge in [0.1, 0.15) is 0 Å². The molecule has 0 radical (unpaired) electrons. The number of carbonyl (C=O) groups excluding carboxylic acids is 1. The van der Waals surface area contributed by atoms with Crippen LogP contribution in [0.25, 0.3) is 5.57 Å². The van der Waals surface area contributed by atoms with Gasteiger partial charge in [0.05, 0.1) is 22.7 Å². The molecule has 0 fully saturated rings. The van der Waals surface area contributed by atoms with Crippen molar-refractivity contribution in [2.24, 2.45) is 5.92 Å². The molecule has 4 heteroatoms. The number of aromatic nitrogens is 2. The van der Waals surface area contributed by atoms with Gasteiger partial charge in [0, 0.05) is 18.0 Å². The predicted molar refractivity (Wildman–Crippen MR) is 127 cm³/mol. The van der Waals surface area contributed by atoms with Gasteiger partial charge in [-0.15, -0.1) is 0 Å². The molecule has 0 saturated heterocycles. The van der Waals surface area contributed by atoms with Crippen LogP contribution in [0.4, 0.5) is 0 Å². The molecule has 0 bridgehead atoms. The molecule has 33 heavy (non-hydrogen) atoms. The first kappa shape index (κ1) is 22.8. The van der Waals surface area contributed by atoms with E-state index in [1.807, 2.05) is 103 Å². The minimum Gasteiger partial charge on any atom is -0.293 e. The molecule has 5 rings (SSSR count). The van der Waals surface area contributed by atoms with Crippen molar-refractivity contribution in [2.75, 3.05) is 0 Å². The van der Waals surface area contributed by atoms with Gasteiger partial charge in [-0.05, 0) is 35.4 Å². The van der Waals surface area contributed by atoms with Gasteiger partial charge in [0.15, 0.2) is 5.78 Å². The van der Waals surface area contributed by atoms with E-state index in [1.165, 1.54) is 0 Å². The molecule has 0 amide bonds. The van der Waals surface area contributed by atoms with Gasteiger partial charge in [-0.3, -0.25) is 14.8 Å². The molecule has 3 nitrogen and oxygen atoms in total. The fourth-order valence-corrected chi connectivity index (χ4v) is 4.62. The Morgan fingerprint density at radius 2 is 1.21 bits per heavy atom. The molecule has 0 saturated carbocycles. The van der Waals surface area contributed by atoms with E-state index in [1.54, 1.807) is 12.4 Å². The number of Topliss-reactive ketones (excluding diaryl/α,β-unsaturated/α-hetero) is 1. The third-order valence-corrected chi connectivity index (χ3v) is 6.03. The molecule has 4 aromatic rings. The normalized spacial score (nSPS) is 15.5. The van der Waals surface area contributed by atoms with Crippen LogP contribution >= 0.6 is 0 Å². The van der Waals surface area contributed by atoms with Crippen LogP contribution in [0.2, 0.25) is 0 Å². The average molecular weight is 610 g/mol. The minimum atomic E-state index is -0.869. The summed E-state index contributed by atoms with van der Waals surface area (Å²) >= 11 is 0. The third-order valence-electron chi connectivity index (χ3n) is 6.03. The Morgan fingerprint density at radius 1 is 0.667 bits per heavy atom. The van der Waals surface area contributed by atoms with Crippen molar-refractivity contribution in [1.82, 2.24) is 9.97 Å². The van der Waals surface area contributed by atoms with E-state index < -0.39 is 11.3 Å². The Balaban J connectivity index is 0.00000259. The number of rotatable bonds is 5. The Bertz CT molecular complexity index is 1170. The van der Waals surface area contributed by atoms with Crippen molar-refractivity contribution in [1.29, 1.82) is 0 Å². The number of hydrogen-bond donors (Lipinski definition) is 0. The summed E-state index contributed by atoms with van der Waals surface area (Å²) in [5, 5.41) is 0. The predicted octanol–water partition coefficient (Wildman–Crippen LogP) is 5.65. The molecule has 2 heterocycles. The van der Waals surface area contributed by atoms with Gasteiger partial charge in [0.25, 0.3) is 0 Å². The Hall–Kier alpha value is -3.42. The topological polar surface area (TPSA) is 42.9 Å². The number of carbonyl (C=O) groups is 1. The quantitative estimate of drug-likeness (QED) is 0.294. The van der Waals surface area contributed by atoms with Crippen molar-refractivity contribution in [3.05, 3.63) is 150 Å². The summed E-state index contributed by atoms with van der Waals surface area (Å²) in [4.78, 5) is 23.6. The molecule has 0 spiro atoms. The van der Waals surface area contributed by atoms with Crippen LogP contribution in [0, 0.1) is 5.92 Å². The molecule has 2 aromatic carbocycles. The van der Waals surface area contributed by atoms with E-state index in [-0.39, 0.29) is 26.8 Å². The minimum absolute atomic E-state index is 0. The van der Waals surface area contributed by atoms with E-state index in [0.717, 1.165) is 22.5 Å². The van der Waals surface area contributed by atoms with Crippen molar-refractivity contribution in [3.8, 4) is 0 Å². The second kappa shape index (κ2) is 10.0. The maximum atomic E-state index is 14.1. The van der Waals surface area contributed by atoms with E-state index in [0.29, 0.717) is 5.57 Å². The molecule has 1 atom stereocenters. The smallest absolute Gasteiger partial charge is 0.293 e. The molecule has 1 aliphatic rings. The molecule has 0 aliphatic heterocycles. The van der Waals surface area contributed by atoms with Crippen LogP contribution in [-0.2, 0) is 31.3 Å². The van der Waals surface area contributed by atoms with Gasteiger partial charge in [-0.2, -0.15) is 0 Å². The SMILES string of the molecule is O=C1C(c2ccccc2)=CC=CC1C(c1ccccc1)(c1ccccn1)c1ccccn1.[Pt+2].